The molecule has 0 unspecified atom stereocenters. The Morgan fingerprint density at radius 2 is 1.83 bits per heavy atom. The molecule has 0 heterocycles. The molecule has 2 aromatic rings. The van der Waals surface area contributed by atoms with Crippen molar-refractivity contribution in [2.45, 2.75) is 6.42 Å². The van der Waals surface area contributed by atoms with E-state index in [-0.39, 0.29) is 11.6 Å². The van der Waals surface area contributed by atoms with Gasteiger partial charge >= 0.3 is 0 Å². The number of rotatable bonds is 4. The van der Waals surface area contributed by atoms with Crippen molar-refractivity contribution in [3.8, 4) is 5.75 Å². The zero-order chi connectivity index (χ0) is 13.0. The summed E-state index contributed by atoms with van der Waals surface area (Å²) >= 11 is 0. The fraction of sp³-hybridized carbons (Fsp3) is 0.143. The molecule has 0 spiro atoms. The first-order valence-electron chi connectivity index (χ1n) is 5.72. The van der Waals surface area contributed by atoms with Crippen molar-refractivity contribution in [2.75, 3.05) is 17.6 Å². The van der Waals surface area contributed by atoms with Crippen molar-refractivity contribution in [3.05, 3.63) is 53.8 Å². The molecular weight excluding hydrogens is 231 g/mol. The highest BCUT2D eigenvalue weighted by Gasteiger charge is 2.00. The van der Waals surface area contributed by atoms with Crippen LogP contribution in [0.1, 0.15) is 5.56 Å². The minimum atomic E-state index is -0.309. The molecule has 3 nitrogen and oxygen atoms in total. The molecule has 0 aliphatic rings. The van der Waals surface area contributed by atoms with Gasteiger partial charge in [0.2, 0.25) is 0 Å². The van der Waals surface area contributed by atoms with Crippen LogP contribution in [0.2, 0.25) is 0 Å². The van der Waals surface area contributed by atoms with Gasteiger partial charge in [-0.1, -0.05) is 12.1 Å². The van der Waals surface area contributed by atoms with Crippen LogP contribution in [0.5, 0.6) is 5.75 Å². The van der Waals surface area contributed by atoms with Gasteiger partial charge in [0.05, 0.1) is 11.4 Å². The Balaban J connectivity index is 1.92. The average Bonchev–Trinajstić information content (AvgIpc) is 2.36. The van der Waals surface area contributed by atoms with Gasteiger partial charge in [0.1, 0.15) is 11.6 Å². The van der Waals surface area contributed by atoms with Crippen LogP contribution in [0.25, 0.3) is 0 Å². The van der Waals surface area contributed by atoms with Crippen molar-refractivity contribution < 1.29 is 9.50 Å². The van der Waals surface area contributed by atoms with Crippen LogP contribution in [0.4, 0.5) is 15.8 Å². The highest BCUT2D eigenvalue weighted by atomic mass is 19.1. The van der Waals surface area contributed by atoms with Gasteiger partial charge < -0.3 is 16.2 Å². The van der Waals surface area contributed by atoms with E-state index in [4.69, 9.17) is 10.8 Å². The first kappa shape index (κ1) is 12.2. The molecule has 0 atom stereocenters. The van der Waals surface area contributed by atoms with E-state index in [1.165, 1.54) is 18.2 Å². The minimum Gasteiger partial charge on any atom is -0.508 e. The number of benzene rings is 2. The molecule has 94 valence electrons. The number of aromatic hydroxyl groups is 1. The molecule has 18 heavy (non-hydrogen) atoms. The molecule has 0 aromatic heterocycles. The summed E-state index contributed by atoms with van der Waals surface area (Å²) in [4.78, 5) is 0. The quantitative estimate of drug-likeness (QED) is 0.727. The molecule has 4 heteroatoms. The smallest absolute Gasteiger partial charge is 0.125 e. The van der Waals surface area contributed by atoms with Gasteiger partial charge in [0.25, 0.3) is 0 Å². The Labute approximate surface area is 105 Å². The maximum absolute atomic E-state index is 13.0. The largest absolute Gasteiger partial charge is 0.508 e. The van der Waals surface area contributed by atoms with Crippen molar-refractivity contribution in [1.29, 1.82) is 0 Å². The minimum absolute atomic E-state index is 0.251. The number of phenols is 1. The predicted molar refractivity (Wildman–Crippen MR) is 71.1 cm³/mol. The molecule has 0 bridgehead atoms. The monoisotopic (exact) mass is 246 g/mol. The zero-order valence-corrected chi connectivity index (χ0v) is 9.86. The molecular formula is C14H15FN2O. The highest BCUT2D eigenvalue weighted by Crippen LogP contribution is 2.19. The normalized spacial score (nSPS) is 10.3. The van der Waals surface area contributed by atoms with Gasteiger partial charge in [-0.05, 0) is 42.3 Å². The second kappa shape index (κ2) is 5.40. The Hall–Kier alpha value is -2.23. The van der Waals surface area contributed by atoms with E-state index in [1.807, 2.05) is 12.1 Å². The van der Waals surface area contributed by atoms with E-state index in [0.717, 1.165) is 12.0 Å². The van der Waals surface area contributed by atoms with E-state index >= 15 is 0 Å². The molecule has 0 aliphatic carbocycles. The molecule has 0 saturated carbocycles. The summed E-state index contributed by atoms with van der Waals surface area (Å²) in [5.41, 5.74) is 7.95. The van der Waals surface area contributed by atoms with Crippen LogP contribution in [-0.4, -0.2) is 11.7 Å². The number of anilines is 2. The fourth-order valence-electron chi connectivity index (χ4n) is 1.69. The Kier molecular flexibility index (Phi) is 3.67. The summed E-state index contributed by atoms with van der Waals surface area (Å²) in [6.45, 7) is 0.651. The van der Waals surface area contributed by atoms with Crippen LogP contribution in [0.3, 0.4) is 0 Å². The molecule has 4 N–H and O–H groups in total. The van der Waals surface area contributed by atoms with Crippen molar-refractivity contribution >= 4 is 11.4 Å². The van der Waals surface area contributed by atoms with Gasteiger partial charge in [0.15, 0.2) is 0 Å². The van der Waals surface area contributed by atoms with Gasteiger partial charge in [-0.2, -0.15) is 0 Å². The number of nitrogens with one attached hydrogen (secondary N) is 1. The van der Waals surface area contributed by atoms with Crippen LogP contribution in [0.15, 0.2) is 42.5 Å². The number of nitrogen functional groups attached to an aromatic ring is 1. The topological polar surface area (TPSA) is 58.3 Å². The molecule has 0 aliphatic heterocycles. The van der Waals surface area contributed by atoms with E-state index in [1.54, 1.807) is 12.1 Å². The third-order valence-corrected chi connectivity index (χ3v) is 2.68. The Morgan fingerprint density at radius 3 is 2.56 bits per heavy atom. The van der Waals surface area contributed by atoms with Crippen LogP contribution in [0, 0.1) is 5.82 Å². The number of hydrogen-bond acceptors (Lipinski definition) is 3. The summed E-state index contributed by atoms with van der Waals surface area (Å²) in [6, 6.07) is 11.3. The van der Waals surface area contributed by atoms with Gasteiger partial charge in [-0.25, -0.2) is 4.39 Å². The molecule has 0 radical (unpaired) electrons. The molecule has 0 fully saturated rings. The van der Waals surface area contributed by atoms with Gasteiger partial charge in [-0.3, -0.25) is 0 Å². The van der Waals surface area contributed by atoms with Gasteiger partial charge in [0, 0.05) is 6.54 Å². The molecule has 0 amide bonds. The molecule has 2 rings (SSSR count). The summed E-state index contributed by atoms with van der Waals surface area (Å²) in [5.74, 6) is -0.0579. The maximum atomic E-state index is 13.0. The lowest BCUT2D eigenvalue weighted by Gasteiger charge is -2.09. The Bertz CT molecular complexity index is 526. The second-order valence-corrected chi connectivity index (χ2v) is 4.07. The van der Waals surface area contributed by atoms with Crippen molar-refractivity contribution in [1.82, 2.24) is 0 Å². The average molecular weight is 246 g/mol. The van der Waals surface area contributed by atoms with E-state index < -0.39 is 0 Å². The first-order chi connectivity index (χ1) is 8.65. The van der Waals surface area contributed by atoms with Crippen molar-refractivity contribution in [2.24, 2.45) is 0 Å². The van der Waals surface area contributed by atoms with Crippen LogP contribution >= 0.6 is 0 Å². The van der Waals surface area contributed by atoms with Gasteiger partial charge in [-0.15, -0.1) is 0 Å². The van der Waals surface area contributed by atoms with E-state index in [0.29, 0.717) is 17.9 Å². The SMILES string of the molecule is Nc1ccc(F)cc1NCCc1ccc(O)cc1. The summed E-state index contributed by atoms with van der Waals surface area (Å²) in [7, 11) is 0. The standard InChI is InChI=1S/C14H15FN2O/c15-11-3-6-13(16)14(9-11)17-8-7-10-1-4-12(18)5-2-10/h1-6,9,17-18H,7-8,16H2. The number of phenolic OH excluding ortho intramolecular Hbond substituents is 1. The van der Waals surface area contributed by atoms with Crippen molar-refractivity contribution in [3.63, 3.8) is 0 Å². The number of halogens is 1. The predicted octanol–water partition coefficient (Wildman–Crippen LogP) is 2.77. The lowest BCUT2D eigenvalue weighted by molar-refractivity contribution is 0.475. The lowest BCUT2D eigenvalue weighted by Crippen LogP contribution is -2.07. The first-order valence-corrected chi connectivity index (χ1v) is 5.72. The molecule has 0 saturated heterocycles. The maximum Gasteiger partial charge on any atom is 0.125 e. The number of nitrogens with two attached hydrogens (primary N) is 1. The summed E-state index contributed by atoms with van der Waals surface area (Å²) < 4.78 is 13.0. The third kappa shape index (κ3) is 3.13. The third-order valence-electron chi connectivity index (χ3n) is 2.68. The summed E-state index contributed by atoms with van der Waals surface area (Å²) in [5, 5.41) is 12.2. The van der Waals surface area contributed by atoms with Crippen LogP contribution < -0.4 is 11.1 Å². The Morgan fingerprint density at radius 1 is 1.11 bits per heavy atom. The number of hydrogen-bond donors (Lipinski definition) is 3. The summed E-state index contributed by atoms with van der Waals surface area (Å²) in [6.07, 6.45) is 0.774. The fourth-order valence-corrected chi connectivity index (χ4v) is 1.69. The lowest BCUT2D eigenvalue weighted by atomic mass is 10.1. The van der Waals surface area contributed by atoms with E-state index in [2.05, 4.69) is 5.32 Å². The van der Waals surface area contributed by atoms with E-state index in [9.17, 15) is 4.39 Å². The molecule has 2 aromatic carbocycles. The zero-order valence-electron chi connectivity index (χ0n) is 9.86. The highest BCUT2D eigenvalue weighted by molar-refractivity contribution is 5.65. The second-order valence-electron chi connectivity index (χ2n) is 4.07. The van der Waals surface area contributed by atoms with Crippen LogP contribution in [-0.2, 0) is 6.42 Å².